The van der Waals surface area contributed by atoms with Crippen molar-refractivity contribution in [3.8, 4) is 0 Å². The molecule has 1 aromatic rings. The fraction of sp³-hybridized carbons (Fsp3) is 0.385. The molecule has 108 valence electrons. The second-order valence-electron chi connectivity index (χ2n) is 4.73. The van der Waals surface area contributed by atoms with Crippen molar-refractivity contribution < 1.29 is 23.5 Å². The van der Waals surface area contributed by atoms with Crippen LogP contribution < -0.4 is 10.6 Å². The molecule has 0 aromatic heterocycles. The number of carbonyl (C=O) groups excluding carboxylic acids is 1. The average molecular weight is 284 g/mol. The van der Waals surface area contributed by atoms with E-state index in [2.05, 4.69) is 10.6 Å². The molecule has 0 bridgehead atoms. The summed E-state index contributed by atoms with van der Waals surface area (Å²) in [6, 6.07) is 1.24. The highest BCUT2D eigenvalue weighted by Crippen LogP contribution is 2.21. The third kappa shape index (κ3) is 3.30. The predicted molar refractivity (Wildman–Crippen MR) is 67.5 cm³/mol. The first-order chi connectivity index (χ1) is 9.47. The lowest BCUT2D eigenvalue weighted by Gasteiger charge is -2.11. The number of halogens is 2. The Morgan fingerprint density at radius 2 is 2.05 bits per heavy atom. The topological polar surface area (TPSA) is 78.4 Å². The van der Waals surface area contributed by atoms with Crippen LogP contribution in [0.25, 0.3) is 0 Å². The van der Waals surface area contributed by atoms with Gasteiger partial charge in [0.2, 0.25) is 5.91 Å². The van der Waals surface area contributed by atoms with Gasteiger partial charge in [-0.2, -0.15) is 0 Å². The molecule has 0 spiro atoms. The Morgan fingerprint density at radius 3 is 2.65 bits per heavy atom. The van der Waals surface area contributed by atoms with Gasteiger partial charge in [0, 0.05) is 12.5 Å². The third-order valence-corrected chi connectivity index (χ3v) is 3.20. The number of anilines is 1. The lowest BCUT2D eigenvalue weighted by Crippen LogP contribution is -2.20. The van der Waals surface area contributed by atoms with Crippen molar-refractivity contribution in [3.05, 3.63) is 29.3 Å². The summed E-state index contributed by atoms with van der Waals surface area (Å²) in [7, 11) is 0. The minimum Gasteiger partial charge on any atom is -0.478 e. The van der Waals surface area contributed by atoms with E-state index in [1.165, 1.54) is 0 Å². The smallest absolute Gasteiger partial charge is 0.337 e. The van der Waals surface area contributed by atoms with Crippen LogP contribution >= 0.6 is 0 Å². The van der Waals surface area contributed by atoms with Crippen LogP contribution in [0.3, 0.4) is 0 Å². The van der Waals surface area contributed by atoms with Gasteiger partial charge in [-0.05, 0) is 31.5 Å². The second kappa shape index (κ2) is 5.96. The van der Waals surface area contributed by atoms with Crippen LogP contribution in [0.1, 0.15) is 23.2 Å². The zero-order valence-electron chi connectivity index (χ0n) is 10.6. The molecule has 1 aliphatic heterocycles. The summed E-state index contributed by atoms with van der Waals surface area (Å²) < 4.78 is 26.2. The molecule has 0 aliphatic carbocycles. The molecular formula is C13H14F2N2O3. The molecule has 7 heteroatoms. The summed E-state index contributed by atoms with van der Waals surface area (Å²) >= 11 is 0. The van der Waals surface area contributed by atoms with Crippen LogP contribution in [0.2, 0.25) is 0 Å². The summed E-state index contributed by atoms with van der Waals surface area (Å²) in [5.41, 5.74) is -0.700. The van der Waals surface area contributed by atoms with E-state index in [1.807, 2.05) is 0 Å². The summed E-state index contributed by atoms with van der Waals surface area (Å²) in [5.74, 6) is -4.13. The molecule has 5 nitrogen and oxygen atoms in total. The number of carboxylic acid groups (broad SMARTS) is 1. The van der Waals surface area contributed by atoms with E-state index in [0.717, 1.165) is 19.5 Å². The Kier molecular flexibility index (Phi) is 4.29. The van der Waals surface area contributed by atoms with E-state index in [0.29, 0.717) is 12.1 Å². The number of carboxylic acids is 1. The van der Waals surface area contributed by atoms with Gasteiger partial charge in [-0.3, -0.25) is 4.79 Å². The van der Waals surface area contributed by atoms with Gasteiger partial charge in [0.15, 0.2) is 11.6 Å². The number of benzene rings is 1. The second-order valence-corrected chi connectivity index (χ2v) is 4.73. The van der Waals surface area contributed by atoms with Gasteiger partial charge in [-0.1, -0.05) is 0 Å². The van der Waals surface area contributed by atoms with E-state index >= 15 is 0 Å². The number of aromatic carboxylic acids is 1. The van der Waals surface area contributed by atoms with Crippen LogP contribution in [-0.4, -0.2) is 30.1 Å². The highest BCUT2D eigenvalue weighted by atomic mass is 19.2. The largest absolute Gasteiger partial charge is 0.478 e. The lowest BCUT2D eigenvalue weighted by molar-refractivity contribution is -0.116. The standard InChI is InChI=1S/C13H14F2N2O3/c14-9-4-8(13(19)20)11(5-10(9)15)17-12(18)3-7-1-2-16-6-7/h4-5,7,16H,1-3,6H2,(H,17,18)(H,19,20). The minimum absolute atomic E-state index is 0.175. The molecule has 0 radical (unpaired) electrons. The van der Waals surface area contributed by atoms with E-state index in [-0.39, 0.29) is 18.0 Å². The number of hydrogen-bond donors (Lipinski definition) is 3. The highest BCUT2D eigenvalue weighted by Gasteiger charge is 2.21. The number of amides is 1. The Balaban J connectivity index is 2.13. The number of hydrogen-bond acceptors (Lipinski definition) is 3. The molecule has 1 fully saturated rings. The maximum atomic E-state index is 13.1. The fourth-order valence-corrected chi connectivity index (χ4v) is 2.18. The van der Waals surface area contributed by atoms with Gasteiger partial charge < -0.3 is 15.7 Å². The van der Waals surface area contributed by atoms with Crippen LogP contribution in [0.4, 0.5) is 14.5 Å². The summed E-state index contributed by atoms with van der Waals surface area (Å²) in [4.78, 5) is 22.8. The van der Waals surface area contributed by atoms with Gasteiger partial charge in [0.25, 0.3) is 0 Å². The highest BCUT2D eigenvalue weighted by molar-refractivity contribution is 6.00. The summed E-state index contributed by atoms with van der Waals surface area (Å²) in [6.07, 6.45) is 1.07. The van der Waals surface area contributed by atoms with E-state index in [4.69, 9.17) is 5.11 Å². The van der Waals surface area contributed by atoms with Crippen LogP contribution in [-0.2, 0) is 4.79 Å². The van der Waals surface area contributed by atoms with Crippen LogP contribution in [0, 0.1) is 17.6 Å². The van der Waals surface area contributed by atoms with Crippen LogP contribution in [0.15, 0.2) is 12.1 Å². The molecule has 3 N–H and O–H groups in total. The number of rotatable bonds is 4. The molecule has 1 atom stereocenters. The Labute approximate surface area is 114 Å². The molecular weight excluding hydrogens is 270 g/mol. The average Bonchev–Trinajstić information content (AvgIpc) is 2.85. The minimum atomic E-state index is -1.43. The van der Waals surface area contributed by atoms with Crippen molar-refractivity contribution in [1.29, 1.82) is 0 Å². The van der Waals surface area contributed by atoms with E-state index in [9.17, 15) is 18.4 Å². The zero-order valence-corrected chi connectivity index (χ0v) is 10.6. The molecule has 1 aromatic carbocycles. The van der Waals surface area contributed by atoms with Gasteiger partial charge in [0.1, 0.15) is 0 Å². The van der Waals surface area contributed by atoms with E-state index in [1.54, 1.807) is 0 Å². The monoisotopic (exact) mass is 284 g/mol. The molecule has 2 rings (SSSR count). The molecule has 1 amide bonds. The quantitative estimate of drug-likeness (QED) is 0.784. The number of nitrogens with one attached hydrogen (secondary N) is 2. The maximum Gasteiger partial charge on any atom is 0.337 e. The van der Waals surface area contributed by atoms with Crippen molar-refractivity contribution in [3.63, 3.8) is 0 Å². The first kappa shape index (κ1) is 14.4. The first-order valence-corrected chi connectivity index (χ1v) is 6.20. The normalized spacial score (nSPS) is 18.0. The van der Waals surface area contributed by atoms with Crippen LogP contribution in [0.5, 0.6) is 0 Å². The fourth-order valence-electron chi connectivity index (χ4n) is 2.18. The molecule has 20 heavy (non-hydrogen) atoms. The lowest BCUT2D eigenvalue weighted by atomic mass is 10.0. The van der Waals surface area contributed by atoms with Crippen molar-refractivity contribution in [2.24, 2.45) is 5.92 Å². The third-order valence-electron chi connectivity index (χ3n) is 3.20. The predicted octanol–water partition coefficient (Wildman–Crippen LogP) is 1.60. The maximum absolute atomic E-state index is 13.1. The first-order valence-electron chi connectivity index (χ1n) is 6.20. The van der Waals surface area contributed by atoms with Gasteiger partial charge in [-0.15, -0.1) is 0 Å². The zero-order chi connectivity index (χ0) is 14.7. The SMILES string of the molecule is O=C(CC1CCNC1)Nc1cc(F)c(F)cc1C(=O)O. The Morgan fingerprint density at radius 1 is 1.35 bits per heavy atom. The van der Waals surface area contributed by atoms with Crippen molar-refractivity contribution in [2.45, 2.75) is 12.8 Å². The van der Waals surface area contributed by atoms with E-state index < -0.39 is 29.1 Å². The summed E-state index contributed by atoms with van der Waals surface area (Å²) in [5, 5.41) is 14.4. The van der Waals surface area contributed by atoms with Crippen molar-refractivity contribution in [2.75, 3.05) is 18.4 Å². The molecule has 1 unspecified atom stereocenters. The molecule has 1 aliphatic rings. The Hall–Kier alpha value is -2.02. The molecule has 1 heterocycles. The van der Waals surface area contributed by atoms with Gasteiger partial charge >= 0.3 is 5.97 Å². The van der Waals surface area contributed by atoms with Gasteiger partial charge in [-0.25, -0.2) is 13.6 Å². The molecule has 0 saturated carbocycles. The molecule has 1 saturated heterocycles. The van der Waals surface area contributed by atoms with Crippen molar-refractivity contribution >= 4 is 17.6 Å². The number of carbonyl (C=O) groups is 2. The Bertz CT molecular complexity index is 543. The summed E-state index contributed by atoms with van der Waals surface area (Å²) in [6.45, 7) is 1.56. The van der Waals surface area contributed by atoms with Crippen molar-refractivity contribution in [1.82, 2.24) is 5.32 Å². The van der Waals surface area contributed by atoms with Gasteiger partial charge in [0.05, 0.1) is 11.3 Å².